The van der Waals surface area contributed by atoms with Crippen molar-refractivity contribution >= 4 is 12.4 Å². The molecule has 2 aliphatic heterocycles. The average molecular weight is 254 g/mol. The summed E-state index contributed by atoms with van der Waals surface area (Å²) in [6.45, 7) is 7.35. The molecule has 0 aliphatic carbocycles. The summed E-state index contributed by atoms with van der Waals surface area (Å²) < 4.78 is 6.00. The molecule has 0 amide bonds. The molecule has 0 saturated heterocycles. The van der Waals surface area contributed by atoms with Crippen molar-refractivity contribution in [3.05, 3.63) is 34.9 Å². The maximum absolute atomic E-state index is 6.00. The smallest absolute Gasteiger partial charge is 0.0878 e. The van der Waals surface area contributed by atoms with Gasteiger partial charge in [-0.3, -0.25) is 0 Å². The zero-order valence-corrected chi connectivity index (χ0v) is 11.3. The van der Waals surface area contributed by atoms with Gasteiger partial charge in [-0.05, 0) is 43.5 Å². The van der Waals surface area contributed by atoms with Gasteiger partial charge in [-0.25, -0.2) is 0 Å². The van der Waals surface area contributed by atoms with Crippen LogP contribution in [-0.4, -0.2) is 19.7 Å². The second kappa shape index (κ2) is 4.60. The van der Waals surface area contributed by atoms with Gasteiger partial charge in [0, 0.05) is 12.5 Å². The van der Waals surface area contributed by atoms with Crippen LogP contribution in [0.25, 0.3) is 0 Å². The Hall–Kier alpha value is -0.570. The summed E-state index contributed by atoms with van der Waals surface area (Å²) in [5, 5.41) is 3.50. The monoisotopic (exact) mass is 253 g/mol. The van der Waals surface area contributed by atoms with E-state index in [4.69, 9.17) is 4.74 Å². The van der Waals surface area contributed by atoms with Crippen LogP contribution in [0.3, 0.4) is 0 Å². The van der Waals surface area contributed by atoms with Gasteiger partial charge in [0.25, 0.3) is 0 Å². The van der Waals surface area contributed by atoms with E-state index in [0.717, 1.165) is 26.1 Å². The molecule has 0 bridgehead atoms. The highest BCUT2D eigenvalue weighted by Gasteiger charge is 2.35. The molecule has 0 aromatic heterocycles. The Bertz CT molecular complexity index is 417. The quantitative estimate of drug-likeness (QED) is 0.768. The summed E-state index contributed by atoms with van der Waals surface area (Å²) in [6, 6.07) is 6.68. The zero-order valence-electron chi connectivity index (χ0n) is 10.5. The lowest BCUT2D eigenvalue weighted by atomic mass is 9.81. The van der Waals surface area contributed by atoms with Crippen molar-refractivity contribution in [2.45, 2.75) is 31.8 Å². The summed E-state index contributed by atoms with van der Waals surface area (Å²) in [6.07, 6.45) is 1.15. The number of ether oxygens (including phenoxy) is 1. The summed E-state index contributed by atoms with van der Waals surface area (Å²) in [5.74, 6) is 0.543. The van der Waals surface area contributed by atoms with Gasteiger partial charge in [0.15, 0.2) is 0 Å². The molecule has 2 aliphatic rings. The molecule has 94 valence electrons. The van der Waals surface area contributed by atoms with Gasteiger partial charge in [-0.1, -0.05) is 18.2 Å². The molecule has 2 nitrogen and oxygen atoms in total. The number of hydrogen-bond acceptors (Lipinski definition) is 2. The topological polar surface area (TPSA) is 21.3 Å². The predicted octanol–water partition coefficient (Wildman–Crippen LogP) is 2.60. The van der Waals surface area contributed by atoms with E-state index in [1.165, 1.54) is 11.1 Å². The fourth-order valence-corrected chi connectivity index (χ4v) is 2.97. The molecule has 3 rings (SSSR count). The number of halogens is 1. The number of benzene rings is 1. The fraction of sp³-hybridized carbons (Fsp3) is 0.571. The van der Waals surface area contributed by atoms with Crippen molar-refractivity contribution in [1.82, 2.24) is 5.32 Å². The van der Waals surface area contributed by atoms with Gasteiger partial charge in [0.05, 0.1) is 12.2 Å². The second-order valence-corrected chi connectivity index (χ2v) is 5.35. The van der Waals surface area contributed by atoms with E-state index in [1.54, 1.807) is 5.56 Å². The van der Waals surface area contributed by atoms with Crippen LogP contribution in [0.4, 0.5) is 0 Å². The lowest BCUT2D eigenvalue weighted by Gasteiger charge is -2.37. The molecule has 0 fully saturated rings. The van der Waals surface area contributed by atoms with Crippen LogP contribution in [0.5, 0.6) is 0 Å². The van der Waals surface area contributed by atoms with Crippen molar-refractivity contribution in [2.24, 2.45) is 0 Å². The molecule has 2 heterocycles. The van der Waals surface area contributed by atoms with Crippen LogP contribution in [-0.2, 0) is 16.8 Å². The summed E-state index contributed by atoms with van der Waals surface area (Å²) in [7, 11) is 0. The summed E-state index contributed by atoms with van der Waals surface area (Å²) in [5.41, 5.74) is 4.35. The molecule has 1 aromatic carbocycles. The minimum atomic E-state index is -0.119. The normalized spacial score (nSPS) is 25.4. The van der Waals surface area contributed by atoms with E-state index in [9.17, 15) is 0 Å². The Kier molecular flexibility index (Phi) is 3.48. The Balaban J connectivity index is 0.00000108. The van der Waals surface area contributed by atoms with E-state index in [1.807, 2.05) is 0 Å². The van der Waals surface area contributed by atoms with Crippen molar-refractivity contribution in [3.8, 4) is 0 Å². The van der Waals surface area contributed by atoms with Crippen LogP contribution in [0.1, 0.15) is 36.5 Å². The van der Waals surface area contributed by atoms with Crippen molar-refractivity contribution in [2.75, 3.05) is 19.7 Å². The first kappa shape index (κ1) is 12.9. The number of rotatable bonds is 0. The van der Waals surface area contributed by atoms with Crippen LogP contribution in [0, 0.1) is 0 Å². The zero-order chi connectivity index (χ0) is 11.2. The molecule has 0 radical (unpaired) electrons. The van der Waals surface area contributed by atoms with Gasteiger partial charge in [-0.15, -0.1) is 12.4 Å². The third kappa shape index (κ3) is 2.10. The van der Waals surface area contributed by atoms with E-state index >= 15 is 0 Å². The van der Waals surface area contributed by atoms with Crippen molar-refractivity contribution in [3.63, 3.8) is 0 Å². The Morgan fingerprint density at radius 3 is 3.00 bits per heavy atom. The maximum atomic E-state index is 6.00. The maximum Gasteiger partial charge on any atom is 0.0878 e. The van der Waals surface area contributed by atoms with Gasteiger partial charge >= 0.3 is 0 Å². The van der Waals surface area contributed by atoms with Crippen molar-refractivity contribution < 1.29 is 4.74 Å². The Labute approximate surface area is 109 Å². The molecule has 1 atom stereocenters. The Morgan fingerprint density at radius 1 is 1.35 bits per heavy atom. The second-order valence-electron chi connectivity index (χ2n) is 5.35. The molecule has 1 N–H and O–H groups in total. The molecule has 0 spiro atoms. The van der Waals surface area contributed by atoms with E-state index < -0.39 is 0 Å². The van der Waals surface area contributed by atoms with Crippen LogP contribution >= 0.6 is 12.4 Å². The first-order chi connectivity index (χ1) is 7.68. The average Bonchev–Trinajstić information content (AvgIpc) is 2.47. The molecular weight excluding hydrogens is 234 g/mol. The highest BCUT2D eigenvalue weighted by Crippen LogP contribution is 2.40. The van der Waals surface area contributed by atoms with Crippen LogP contribution in [0.2, 0.25) is 0 Å². The van der Waals surface area contributed by atoms with E-state index in [0.29, 0.717) is 5.92 Å². The number of nitrogens with one attached hydrogen (secondary N) is 1. The van der Waals surface area contributed by atoms with Gasteiger partial charge in [0.1, 0.15) is 0 Å². The third-order valence-corrected chi connectivity index (χ3v) is 3.86. The van der Waals surface area contributed by atoms with Gasteiger partial charge in [0.2, 0.25) is 0 Å². The number of hydrogen-bond donors (Lipinski definition) is 1. The molecule has 0 saturated carbocycles. The SMILES string of the molecule is CC1(C)OCC2CNCCc3cccc1c32.Cl. The van der Waals surface area contributed by atoms with Gasteiger partial charge < -0.3 is 10.1 Å². The third-order valence-electron chi connectivity index (χ3n) is 3.86. The molecule has 3 heteroatoms. The lowest BCUT2D eigenvalue weighted by molar-refractivity contribution is -0.0424. The minimum Gasteiger partial charge on any atom is -0.370 e. The van der Waals surface area contributed by atoms with Gasteiger partial charge in [-0.2, -0.15) is 0 Å². The summed E-state index contributed by atoms with van der Waals surface area (Å²) >= 11 is 0. The lowest BCUT2D eigenvalue weighted by Crippen LogP contribution is -2.35. The van der Waals surface area contributed by atoms with E-state index in [2.05, 4.69) is 37.4 Å². The van der Waals surface area contributed by atoms with Crippen LogP contribution < -0.4 is 5.32 Å². The first-order valence-electron chi connectivity index (χ1n) is 6.15. The molecular formula is C14H20ClNO. The predicted molar refractivity (Wildman–Crippen MR) is 72.0 cm³/mol. The van der Waals surface area contributed by atoms with Crippen molar-refractivity contribution in [1.29, 1.82) is 0 Å². The van der Waals surface area contributed by atoms with E-state index in [-0.39, 0.29) is 18.0 Å². The first-order valence-corrected chi connectivity index (χ1v) is 6.15. The highest BCUT2D eigenvalue weighted by atomic mass is 35.5. The van der Waals surface area contributed by atoms with Crippen LogP contribution in [0.15, 0.2) is 18.2 Å². The minimum absolute atomic E-state index is 0. The summed E-state index contributed by atoms with van der Waals surface area (Å²) in [4.78, 5) is 0. The largest absolute Gasteiger partial charge is 0.370 e. The molecule has 17 heavy (non-hydrogen) atoms. The Morgan fingerprint density at radius 2 is 2.18 bits per heavy atom. The standard InChI is InChI=1S/C14H19NO.ClH/c1-14(2)12-5-3-4-10-6-7-15-8-11(9-16-14)13(10)12;/h3-5,11,15H,6-9H2,1-2H3;1H. The highest BCUT2D eigenvalue weighted by molar-refractivity contribution is 5.85. The molecule has 1 aromatic rings. The molecule has 1 unspecified atom stereocenters. The fourth-order valence-electron chi connectivity index (χ4n) is 2.97.